The highest BCUT2D eigenvalue weighted by Crippen LogP contribution is 2.08. The molecule has 0 bridgehead atoms. The highest BCUT2D eigenvalue weighted by atomic mass is 13.9. The minimum absolute atomic E-state index is 1.29. The minimum atomic E-state index is 1.29. The summed E-state index contributed by atoms with van der Waals surface area (Å²) >= 11 is 0. The van der Waals surface area contributed by atoms with E-state index in [1.165, 1.54) is 11.1 Å². The number of allylic oxidation sites excluding steroid dienone is 3. The maximum Gasteiger partial charge on any atom is -0.0227 e. The lowest BCUT2D eigenvalue weighted by molar-refractivity contribution is 1.44. The Morgan fingerprint density at radius 2 is 1.83 bits per heavy atom. The van der Waals surface area contributed by atoms with E-state index < -0.39 is 0 Å². The van der Waals surface area contributed by atoms with E-state index in [0.29, 0.717) is 0 Å². The van der Waals surface area contributed by atoms with Crippen molar-refractivity contribution in [1.82, 2.24) is 0 Å². The second-order valence-corrected chi connectivity index (χ2v) is 2.74. The van der Waals surface area contributed by atoms with Crippen molar-refractivity contribution in [2.75, 3.05) is 0 Å². The van der Waals surface area contributed by atoms with Crippen LogP contribution in [0.15, 0.2) is 42.5 Å². The van der Waals surface area contributed by atoms with Gasteiger partial charge in [0.05, 0.1) is 0 Å². The summed E-state index contributed by atoms with van der Waals surface area (Å²) in [5.41, 5.74) is 2.61. The fourth-order valence-corrected chi connectivity index (χ4v) is 1.04. The third-order valence-corrected chi connectivity index (χ3v) is 1.77. The van der Waals surface area contributed by atoms with Gasteiger partial charge in [-0.2, -0.15) is 0 Å². The molecular formula is C12H14. The van der Waals surface area contributed by atoms with Crippen molar-refractivity contribution in [3.05, 3.63) is 53.6 Å². The zero-order valence-electron chi connectivity index (χ0n) is 7.62. The Bertz CT molecular complexity index is 293. The monoisotopic (exact) mass is 158 g/mol. The molecule has 0 atom stereocenters. The number of aryl methyl sites for hydroxylation is 1. The van der Waals surface area contributed by atoms with E-state index in [9.17, 15) is 0 Å². The van der Waals surface area contributed by atoms with Gasteiger partial charge in [-0.3, -0.25) is 0 Å². The first-order chi connectivity index (χ1) is 5.84. The first kappa shape index (κ1) is 8.79. The summed E-state index contributed by atoms with van der Waals surface area (Å²) in [4.78, 5) is 0. The van der Waals surface area contributed by atoms with Crippen LogP contribution >= 0.6 is 0 Å². The Labute approximate surface area is 74.2 Å². The Hall–Kier alpha value is -1.30. The fourth-order valence-electron chi connectivity index (χ4n) is 1.04. The van der Waals surface area contributed by atoms with E-state index in [1.807, 2.05) is 19.1 Å². The van der Waals surface area contributed by atoms with Crippen LogP contribution in [0.5, 0.6) is 0 Å². The molecule has 0 heterocycles. The molecule has 0 unspecified atom stereocenters. The van der Waals surface area contributed by atoms with Crippen molar-refractivity contribution in [2.24, 2.45) is 0 Å². The molecule has 0 radical (unpaired) electrons. The molecule has 0 aliphatic heterocycles. The number of rotatable bonds is 2. The van der Waals surface area contributed by atoms with Crippen LogP contribution in [0, 0.1) is 6.92 Å². The molecule has 0 spiro atoms. The van der Waals surface area contributed by atoms with Crippen molar-refractivity contribution < 1.29 is 0 Å². The van der Waals surface area contributed by atoms with Crippen molar-refractivity contribution in [1.29, 1.82) is 0 Å². The lowest BCUT2D eigenvalue weighted by Gasteiger charge is -1.96. The molecule has 0 amide bonds. The quantitative estimate of drug-likeness (QED) is 0.577. The molecule has 0 nitrogen and oxygen atoms in total. The molecule has 0 aromatic heterocycles. The van der Waals surface area contributed by atoms with Gasteiger partial charge in [0.15, 0.2) is 0 Å². The molecular weight excluding hydrogens is 144 g/mol. The maximum atomic E-state index is 2.12. The predicted molar refractivity (Wildman–Crippen MR) is 55.0 cm³/mol. The Morgan fingerprint density at radius 1 is 1.08 bits per heavy atom. The molecule has 12 heavy (non-hydrogen) atoms. The van der Waals surface area contributed by atoms with Gasteiger partial charge in [0.1, 0.15) is 0 Å². The molecule has 0 saturated heterocycles. The molecule has 62 valence electrons. The topological polar surface area (TPSA) is 0 Å². The fraction of sp³-hybridized carbons (Fsp3) is 0.167. The van der Waals surface area contributed by atoms with Crippen LogP contribution in [0.2, 0.25) is 0 Å². The van der Waals surface area contributed by atoms with Gasteiger partial charge >= 0.3 is 0 Å². The smallest absolute Gasteiger partial charge is 0.0227 e. The molecule has 0 heteroatoms. The first-order valence-electron chi connectivity index (χ1n) is 4.19. The second-order valence-electron chi connectivity index (χ2n) is 2.74. The van der Waals surface area contributed by atoms with Crippen LogP contribution in [0.1, 0.15) is 18.1 Å². The molecule has 0 saturated carbocycles. The van der Waals surface area contributed by atoms with Crippen LogP contribution in [0.3, 0.4) is 0 Å². The van der Waals surface area contributed by atoms with Gasteiger partial charge in [-0.15, -0.1) is 0 Å². The summed E-state index contributed by atoms with van der Waals surface area (Å²) in [6.45, 7) is 4.14. The van der Waals surface area contributed by atoms with Crippen molar-refractivity contribution in [3.63, 3.8) is 0 Å². The highest BCUT2D eigenvalue weighted by Gasteiger charge is 1.88. The van der Waals surface area contributed by atoms with Gasteiger partial charge in [-0.25, -0.2) is 0 Å². The van der Waals surface area contributed by atoms with Crippen LogP contribution in [-0.4, -0.2) is 0 Å². The minimum Gasteiger partial charge on any atom is -0.0877 e. The van der Waals surface area contributed by atoms with Gasteiger partial charge in [-0.1, -0.05) is 48.6 Å². The van der Waals surface area contributed by atoms with E-state index in [0.717, 1.165) is 0 Å². The summed E-state index contributed by atoms with van der Waals surface area (Å²) < 4.78 is 0. The molecule has 1 aromatic carbocycles. The largest absolute Gasteiger partial charge is 0.0877 e. The zero-order chi connectivity index (χ0) is 8.81. The maximum absolute atomic E-state index is 2.12. The van der Waals surface area contributed by atoms with Gasteiger partial charge in [0, 0.05) is 0 Å². The van der Waals surface area contributed by atoms with Gasteiger partial charge < -0.3 is 0 Å². The standard InChI is InChI=1S/C12H14/c1-3-4-5-9-12-10-7-6-8-11(12)2/h3-10H,1-2H3/b4-3+,9-5-. The SMILES string of the molecule is C/C=C/C=C\c1ccccc1C. The Balaban J connectivity index is 2.82. The van der Waals surface area contributed by atoms with E-state index in [2.05, 4.69) is 43.3 Å². The number of hydrogen-bond acceptors (Lipinski definition) is 0. The molecule has 0 aliphatic rings. The van der Waals surface area contributed by atoms with Gasteiger partial charge in [-0.05, 0) is 25.0 Å². The van der Waals surface area contributed by atoms with E-state index >= 15 is 0 Å². The normalized spacial score (nSPS) is 11.5. The summed E-state index contributed by atoms with van der Waals surface area (Å²) in [5.74, 6) is 0. The number of benzene rings is 1. The average molecular weight is 158 g/mol. The Kier molecular flexibility index (Phi) is 3.34. The lowest BCUT2D eigenvalue weighted by atomic mass is 10.1. The molecule has 1 aromatic rings. The number of hydrogen-bond donors (Lipinski definition) is 0. The molecule has 0 N–H and O–H groups in total. The van der Waals surface area contributed by atoms with E-state index in [-0.39, 0.29) is 0 Å². The molecule has 1 rings (SSSR count). The van der Waals surface area contributed by atoms with Crippen molar-refractivity contribution in [2.45, 2.75) is 13.8 Å². The Morgan fingerprint density at radius 3 is 2.50 bits per heavy atom. The van der Waals surface area contributed by atoms with E-state index in [4.69, 9.17) is 0 Å². The third kappa shape index (κ3) is 2.39. The van der Waals surface area contributed by atoms with Crippen molar-refractivity contribution >= 4 is 6.08 Å². The third-order valence-electron chi connectivity index (χ3n) is 1.77. The first-order valence-corrected chi connectivity index (χ1v) is 4.19. The van der Waals surface area contributed by atoms with E-state index in [1.54, 1.807) is 0 Å². The van der Waals surface area contributed by atoms with Gasteiger partial charge in [0.25, 0.3) is 0 Å². The zero-order valence-corrected chi connectivity index (χ0v) is 7.62. The van der Waals surface area contributed by atoms with Crippen LogP contribution in [-0.2, 0) is 0 Å². The summed E-state index contributed by atoms with van der Waals surface area (Å²) in [6.07, 6.45) is 8.24. The summed E-state index contributed by atoms with van der Waals surface area (Å²) in [5, 5.41) is 0. The highest BCUT2D eigenvalue weighted by molar-refractivity contribution is 5.54. The summed E-state index contributed by atoms with van der Waals surface area (Å²) in [7, 11) is 0. The average Bonchev–Trinajstić information content (AvgIpc) is 2.09. The molecule has 0 fully saturated rings. The van der Waals surface area contributed by atoms with Crippen LogP contribution < -0.4 is 0 Å². The van der Waals surface area contributed by atoms with Crippen LogP contribution in [0.25, 0.3) is 6.08 Å². The second kappa shape index (κ2) is 4.55. The lowest BCUT2D eigenvalue weighted by Crippen LogP contribution is -1.76. The predicted octanol–water partition coefficient (Wildman–Crippen LogP) is 3.58. The molecule has 0 aliphatic carbocycles. The van der Waals surface area contributed by atoms with Crippen LogP contribution in [0.4, 0.5) is 0 Å². The van der Waals surface area contributed by atoms with Gasteiger partial charge in [0.2, 0.25) is 0 Å². The van der Waals surface area contributed by atoms with Crippen molar-refractivity contribution in [3.8, 4) is 0 Å². The summed E-state index contributed by atoms with van der Waals surface area (Å²) in [6, 6.07) is 8.36.